The van der Waals surface area contributed by atoms with Gasteiger partial charge in [-0.3, -0.25) is 0 Å². The van der Waals surface area contributed by atoms with Gasteiger partial charge in [-0.2, -0.15) is 0 Å². The van der Waals surface area contributed by atoms with E-state index in [4.69, 9.17) is 11.6 Å². The summed E-state index contributed by atoms with van der Waals surface area (Å²) in [4.78, 5) is 0. The van der Waals surface area contributed by atoms with Gasteiger partial charge in [0.2, 0.25) is 0 Å². The van der Waals surface area contributed by atoms with Crippen molar-refractivity contribution in [2.75, 3.05) is 0 Å². The lowest BCUT2D eigenvalue weighted by Gasteiger charge is -2.07. The molecule has 0 nitrogen and oxygen atoms in total. The molecule has 0 aliphatic rings. The average molecular weight is 450 g/mol. The Bertz CT molecular complexity index is 1270. The molecule has 0 spiro atoms. The standard InChI is InChI=1S/C24H14BrClS/c25-18-10-13-21-23(14-18)27-22-3-1-2-20(24(21)22)17-6-4-15(5-7-17)16-8-11-19(26)12-9-16/h1-14H. The fourth-order valence-electron chi connectivity index (χ4n) is 3.52. The molecular formula is C24H14BrClS. The topological polar surface area (TPSA) is 0 Å². The Balaban J connectivity index is 1.65. The van der Waals surface area contributed by atoms with Crippen molar-refractivity contribution in [1.29, 1.82) is 0 Å². The smallest absolute Gasteiger partial charge is 0.0406 e. The molecule has 0 aliphatic carbocycles. The highest BCUT2D eigenvalue weighted by molar-refractivity contribution is 9.10. The molecule has 1 aromatic heterocycles. The maximum absolute atomic E-state index is 6.00. The van der Waals surface area contributed by atoms with Crippen molar-refractivity contribution in [3.05, 3.63) is 94.4 Å². The summed E-state index contributed by atoms with van der Waals surface area (Å²) in [6.07, 6.45) is 0. The zero-order chi connectivity index (χ0) is 18.4. The summed E-state index contributed by atoms with van der Waals surface area (Å²) in [5.74, 6) is 0. The van der Waals surface area contributed by atoms with Gasteiger partial charge in [0, 0.05) is 29.7 Å². The number of halogens is 2. The number of hydrogen-bond donors (Lipinski definition) is 0. The van der Waals surface area contributed by atoms with Gasteiger partial charge in [0.15, 0.2) is 0 Å². The Morgan fingerprint density at radius 3 is 2.07 bits per heavy atom. The SMILES string of the molecule is Clc1ccc(-c2ccc(-c3cccc4sc5cc(Br)ccc5c34)cc2)cc1. The van der Waals surface area contributed by atoms with E-state index >= 15 is 0 Å². The molecule has 0 N–H and O–H groups in total. The van der Waals surface area contributed by atoms with E-state index < -0.39 is 0 Å². The molecule has 0 radical (unpaired) electrons. The van der Waals surface area contributed by atoms with Gasteiger partial charge in [0.1, 0.15) is 0 Å². The number of benzene rings is 4. The van der Waals surface area contributed by atoms with E-state index in [1.807, 2.05) is 23.5 Å². The van der Waals surface area contributed by atoms with E-state index in [0.717, 1.165) is 9.50 Å². The van der Waals surface area contributed by atoms with Crippen LogP contribution in [0.2, 0.25) is 5.02 Å². The van der Waals surface area contributed by atoms with Crippen LogP contribution in [-0.4, -0.2) is 0 Å². The molecule has 4 aromatic carbocycles. The van der Waals surface area contributed by atoms with Gasteiger partial charge in [0.05, 0.1) is 0 Å². The van der Waals surface area contributed by atoms with Crippen LogP contribution in [0, 0.1) is 0 Å². The molecule has 27 heavy (non-hydrogen) atoms. The second kappa shape index (κ2) is 6.79. The Kier molecular flexibility index (Phi) is 4.28. The minimum atomic E-state index is 0.762. The van der Waals surface area contributed by atoms with E-state index in [-0.39, 0.29) is 0 Å². The second-order valence-corrected chi connectivity index (χ2v) is 8.94. The van der Waals surface area contributed by atoms with Crippen molar-refractivity contribution in [2.45, 2.75) is 0 Å². The third-order valence-electron chi connectivity index (χ3n) is 4.83. The van der Waals surface area contributed by atoms with E-state index in [1.165, 1.54) is 42.4 Å². The molecule has 0 unspecified atom stereocenters. The highest BCUT2D eigenvalue weighted by atomic mass is 79.9. The Morgan fingerprint density at radius 2 is 1.33 bits per heavy atom. The number of fused-ring (bicyclic) bond motifs is 3. The van der Waals surface area contributed by atoms with Crippen LogP contribution < -0.4 is 0 Å². The van der Waals surface area contributed by atoms with Crippen LogP contribution in [0.3, 0.4) is 0 Å². The van der Waals surface area contributed by atoms with Crippen molar-refractivity contribution in [2.24, 2.45) is 0 Å². The van der Waals surface area contributed by atoms with Gasteiger partial charge in [-0.15, -0.1) is 11.3 Å². The summed E-state index contributed by atoms with van der Waals surface area (Å²) >= 11 is 11.4. The van der Waals surface area contributed by atoms with Crippen molar-refractivity contribution < 1.29 is 0 Å². The Labute approximate surface area is 175 Å². The summed E-state index contributed by atoms with van der Waals surface area (Å²) < 4.78 is 3.75. The largest absolute Gasteiger partial charge is 0.135 e. The fourth-order valence-corrected chi connectivity index (χ4v) is 5.33. The first-order valence-electron chi connectivity index (χ1n) is 8.66. The highest BCUT2D eigenvalue weighted by Crippen LogP contribution is 2.41. The molecule has 5 rings (SSSR count). The van der Waals surface area contributed by atoms with Crippen LogP contribution in [-0.2, 0) is 0 Å². The Morgan fingerprint density at radius 1 is 0.667 bits per heavy atom. The summed E-state index contributed by atoms with van der Waals surface area (Å²) in [5, 5.41) is 3.41. The summed E-state index contributed by atoms with van der Waals surface area (Å²) in [5.41, 5.74) is 4.89. The second-order valence-electron chi connectivity index (χ2n) is 6.51. The zero-order valence-electron chi connectivity index (χ0n) is 14.2. The van der Waals surface area contributed by atoms with E-state index in [1.54, 1.807) is 0 Å². The molecule has 3 heteroatoms. The first kappa shape index (κ1) is 17.0. The lowest BCUT2D eigenvalue weighted by atomic mass is 9.97. The number of thiophene rings is 1. The lowest BCUT2D eigenvalue weighted by molar-refractivity contribution is 1.61. The molecule has 0 saturated carbocycles. The normalized spacial score (nSPS) is 11.3. The minimum absolute atomic E-state index is 0.762. The van der Waals surface area contributed by atoms with Gasteiger partial charge in [-0.05, 0) is 52.6 Å². The predicted molar refractivity (Wildman–Crippen MR) is 123 cm³/mol. The van der Waals surface area contributed by atoms with Crippen LogP contribution in [0.15, 0.2) is 89.4 Å². The first-order valence-corrected chi connectivity index (χ1v) is 10.6. The Hall–Kier alpha value is -2.13. The molecule has 5 aromatic rings. The molecule has 0 aliphatic heterocycles. The monoisotopic (exact) mass is 448 g/mol. The molecule has 1 heterocycles. The van der Waals surface area contributed by atoms with Gasteiger partial charge in [-0.1, -0.05) is 82.1 Å². The summed E-state index contributed by atoms with van der Waals surface area (Å²) in [6.45, 7) is 0. The molecule has 0 saturated heterocycles. The number of rotatable bonds is 2. The van der Waals surface area contributed by atoms with Crippen LogP contribution in [0.25, 0.3) is 42.4 Å². The third-order valence-corrected chi connectivity index (χ3v) is 6.70. The van der Waals surface area contributed by atoms with E-state index in [2.05, 4.69) is 88.7 Å². The van der Waals surface area contributed by atoms with Gasteiger partial charge in [0.25, 0.3) is 0 Å². The molecular weight excluding hydrogens is 436 g/mol. The lowest BCUT2D eigenvalue weighted by Crippen LogP contribution is -1.82. The van der Waals surface area contributed by atoms with E-state index in [0.29, 0.717) is 0 Å². The van der Waals surface area contributed by atoms with Crippen LogP contribution in [0.1, 0.15) is 0 Å². The predicted octanol–water partition coefficient (Wildman–Crippen LogP) is 8.80. The van der Waals surface area contributed by atoms with Crippen molar-refractivity contribution in [1.82, 2.24) is 0 Å². The van der Waals surface area contributed by atoms with Gasteiger partial charge in [-0.25, -0.2) is 0 Å². The highest BCUT2D eigenvalue weighted by Gasteiger charge is 2.11. The molecule has 0 amide bonds. The quantitative estimate of drug-likeness (QED) is 0.252. The minimum Gasteiger partial charge on any atom is -0.135 e. The first-order chi connectivity index (χ1) is 13.2. The fraction of sp³-hybridized carbons (Fsp3) is 0. The van der Waals surface area contributed by atoms with Crippen molar-refractivity contribution >= 4 is 59.0 Å². The summed E-state index contributed by atoms with van der Waals surface area (Å²) in [7, 11) is 0. The zero-order valence-corrected chi connectivity index (χ0v) is 17.4. The van der Waals surface area contributed by atoms with E-state index in [9.17, 15) is 0 Å². The average Bonchev–Trinajstić information content (AvgIpc) is 3.06. The van der Waals surface area contributed by atoms with Crippen LogP contribution in [0.4, 0.5) is 0 Å². The summed E-state index contributed by atoms with van der Waals surface area (Å²) in [6, 6.07) is 29.9. The third kappa shape index (κ3) is 3.08. The maximum Gasteiger partial charge on any atom is 0.0406 e. The molecule has 130 valence electrons. The van der Waals surface area contributed by atoms with Crippen molar-refractivity contribution in [3.8, 4) is 22.3 Å². The maximum atomic E-state index is 6.00. The van der Waals surface area contributed by atoms with Crippen LogP contribution in [0.5, 0.6) is 0 Å². The van der Waals surface area contributed by atoms with Crippen LogP contribution >= 0.6 is 38.9 Å². The molecule has 0 atom stereocenters. The van der Waals surface area contributed by atoms with Gasteiger partial charge >= 0.3 is 0 Å². The molecule has 0 fully saturated rings. The van der Waals surface area contributed by atoms with Gasteiger partial charge < -0.3 is 0 Å². The number of hydrogen-bond acceptors (Lipinski definition) is 1. The van der Waals surface area contributed by atoms with Crippen molar-refractivity contribution in [3.63, 3.8) is 0 Å². The molecule has 0 bridgehead atoms.